The molecule has 0 atom stereocenters. The molecule has 0 aliphatic carbocycles. The zero-order valence-corrected chi connectivity index (χ0v) is 22.1. The number of nitrogens with zero attached hydrogens (tertiary/aromatic N) is 1. The second-order valence-electron chi connectivity index (χ2n) is 7.34. The number of nitrogens with one attached hydrogen (secondary N) is 1. The van der Waals surface area contributed by atoms with Gasteiger partial charge in [0.05, 0.1) is 31.1 Å². The van der Waals surface area contributed by atoms with Gasteiger partial charge < -0.3 is 18.4 Å². The Morgan fingerprint density at radius 1 is 0.892 bits per heavy atom. The number of ether oxygens (including phenoxy) is 3. The molecule has 0 aliphatic heterocycles. The van der Waals surface area contributed by atoms with Crippen molar-refractivity contribution in [2.45, 2.75) is 25.7 Å². The first-order chi connectivity index (χ1) is 17.8. The van der Waals surface area contributed by atoms with Gasteiger partial charge in [0.1, 0.15) is 4.90 Å². The summed E-state index contributed by atoms with van der Waals surface area (Å²) >= 11 is 6.34. The average molecular weight is 547 g/mol. The highest BCUT2D eigenvalue weighted by Crippen LogP contribution is 2.38. The predicted octanol–water partition coefficient (Wildman–Crippen LogP) is 5.07. The smallest absolute Gasteiger partial charge is 0.339 e. The van der Waals surface area contributed by atoms with E-state index in [2.05, 4.69) is 10.5 Å². The number of hydrazone groups is 1. The second-order valence-corrected chi connectivity index (χ2v) is 9.29. The molecule has 0 saturated carbocycles. The fraction of sp³-hybridized carbons (Fsp3) is 0.231. The summed E-state index contributed by atoms with van der Waals surface area (Å²) < 4.78 is 47.3. The molecule has 0 spiro atoms. The molecular weight excluding hydrogens is 520 g/mol. The first kappa shape index (κ1) is 27.8. The quantitative estimate of drug-likeness (QED) is 0.192. The molecule has 0 unspecified atom stereocenters. The maximum absolute atomic E-state index is 12.7. The van der Waals surface area contributed by atoms with Crippen LogP contribution < -0.4 is 23.8 Å². The molecule has 9 nitrogen and oxygen atoms in total. The highest BCUT2D eigenvalue weighted by Gasteiger charge is 2.22. The summed E-state index contributed by atoms with van der Waals surface area (Å²) in [6.07, 6.45) is 1.35. The van der Waals surface area contributed by atoms with Crippen LogP contribution in [-0.2, 0) is 10.1 Å². The zero-order valence-electron chi connectivity index (χ0n) is 20.6. The Bertz CT molecular complexity index is 1360. The van der Waals surface area contributed by atoms with Gasteiger partial charge in [-0.05, 0) is 68.8 Å². The van der Waals surface area contributed by atoms with E-state index in [0.29, 0.717) is 35.8 Å². The molecule has 0 saturated heterocycles. The highest BCUT2D eigenvalue weighted by molar-refractivity contribution is 7.87. The maximum Gasteiger partial charge on any atom is 0.339 e. The Morgan fingerprint density at radius 3 is 2.22 bits per heavy atom. The van der Waals surface area contributed by atoms with Crippen molar-refractivity contribution in [3.63, 3.8) is 0 Å². The van der Waals surface area contributed by atoms with Crippen molar-refractivity contribution in [2.24, 2.45) is 5.10 Å². The van der Waals surface area contributed by atoms with Gasteiger partial charge in [-0.1, -0.05) is 29.8 Å². The average Bonchev–Trinajstić information content (AvgIpc) is 2.88. The summed E-state index contributed by atoms with van der Waals surface area (Å²) in [5.74, 6) is 0.487. The van der Waals surface area contributed by atoms with Gasteiger partial charge in [-0.2, -0.15) is 13.5 Å². The van der Waals surface area contributed by atoms with E-state index in [-0.39, 0.29) is 28.0 Å². The van der Waals surface area contributed by atoms with Crippen LogP contribution in [-0.4, -0.2) is 40.4 Å². The van der Waals surface area contributed by atoms with Crippen LogP contribution in [0.2, 0.25) is 5.02 Å². The van der Waals surface area contributed by atoms with Crippen molar-refractivity contribution < 1.29 is 31.6 Å². The number of halogens is 1. The van der Waals surface area contributed by atoms with Crippen LogP contribution in [0.15, 0.2) is 70.7 Å². The van der Waals surface area contributed by atoms with Crippen LogP contribution in [0.25, 0.3) is 0 Å². The number of hydrogen-bond acceptors (Lipinski definition) is 8. The molecular formula is C26H27ClN2O7S. The molecule has 1 N–H and O–H groups in total. The van der Waals surface area contributed by atoms with Crippen molar-refractivity contribution in [1.82, 2.24) is 5.43 Å². The van der Waals surface area contributed by atoms with E-state index in [1.165, 1.54) is 30.5 Å². The Hall–Kier alpha value is -3.76. The molecule has 0 fully saturated rings. The van der Waals surface area contributed by atoms with E-state index in [0.717, 1.165) is 0 Å². The summed E-state index contributed by atoms with van der Waals surface area (Å²) in [7, 11) is -4.14. The van der Waals surface area contributed by atoms with Gasteiger partial charge in [0.2, 0.25) is 5.75 Å². The van der Waals surface area contributed by atoms with Crippen LogP contribution in [0, 0.1) is 0 Å². The van der Waals surface area contributed by atoms with Gasteiger partial charge in [-0.3, -0.25) is 4.79 Å². The maximum atomic E-state index is 12.7. The molecule has 3 aromatic rings. The highest BCUT2D eigenvalue weighted by atomic mass is 35.5. The third kappa shape index (κ3) is 7.37. The molecule has 0 radical (unpaired) electrons. The number of hydrogen-bond donors (Lipinski definition) is 1. The lowest BCUT2D eigenvalue weighted by atomic mass is 10.2. The summed E-state index contributed by atoms with van der Waals surface area (Å²) in [4.78, 5) is 12.6. The van der Waals surface area contributed by atoms with Crippen LogP contribution in [0.1, 0.15) is 36.7 Å². The summed E-state index contributed by atoms with van der Waals surface area (Å²) in [5.41, 5.74) is 3.21. The van der Waals surface area contributed by atoms with Gasteiger partial charge in [0.25, 0.3) is 5.91 Å². The molecule has 0 heterocycles. The largest absolute Gasteiger partial charge is 0.490 e. The first-order valence-electron chi connectivity index (χ1n) is 11.5. The minimum atomic E-state index is -4.14. The van der Waals surface area contributed by atoms with E-state index in [1.807, 2.05) is 13.8 Å². The van der Waals surface area contributed by atoms with Crippen LogP contribution in [0.5, 0.6) is 23.0 Å². The van der Waals surface area contributed by atoms with E-state index in [9.17, 15) is 13.2 Å². The Labute approximate surface area is 221 Å². The number of carbonyl (C=O) groups excluding carboxylic acids is 1. The van der Waals surface area contributed by atoms with Crippen LogP contribution in [0.4, 0.5) is 0 Å². The molecule has 196 valence electrons. The van der Waals surface area contributed by atoms with E-state index in [1.54, 1.807) is 43.3 Å². The molecule has 37 heavy (non-hydrogen) atoms. The predicted molar refractivity (Wildman–Crippen MR) is 141 cm³/mol. The van der Waals surface area contributed by atoms with E-state index < -0.39 is 16.0 Å². The lowest BCUT2D eigenvalue weighted by molar-refractivity contribution is 0.0954. The van der Waals surface area contributed by atoms with Crippen molar-refractivity contribution in [3.05, 3.63) is 76.8 Å². The van der Waals surface area contributed by atoms with Crippen LogP contribution >= 0.6 is 11.6 Å². The zero-order chi connectivity index (χ0) is 26.8. The number of carbonyl (C=O) groups is 1. The van der Waals surface area contributed by atoms with E-state index in [4.69, 9.17) is 30.0 Å². The molecule has 0 bridgehead atoms. The number of benzene rings is 3. The minimum Gasteiger partial charge on any atom is -0.490 e. The molecule has 1 amide bonds. The van der Waals surface area contributed by atoms with Crippen molar-refractivity contribution in [1.29, 1.82) is 0 Å². The van der Waals surface area contributed by atoms with Gasteiger partial charge in [0.15, 0.2) is 17.2 Å². The first-order valence-corrected chi connectivity index (χ1v) is 13.3. The lowest BCUT2D eigenvalue weighted by Crippen LogP contribution is -2.18. The Morgan fingerprint density at radius 2 is 1.54 bits per heavy atom. The molecule has 11 heteroatoms. The monoisotopic (exact) mass is 546 g/mol. The van der Waals surface area contributed by atoms with Crippen molar-refractivity contribution in [3.8, 4) is 23.0 Å². The summed E-state index contributed by atoms with van der Waals surface area (Å²) in [6, 6.07) is 15.5. The number of amides is 1. The molecule has 0 aromatic heterocycles. The van der Waals surface area contributed by atoms with Crippen LogP contribution in [0.3, 0.4) is 0 Å². The lowest BCUT2D eigenvalue weighted by Gasteiger charge is -2.14. The third-order valence-electron chi connectivity index (χ3n) is 4.74. The Balaban J connectivity index is 1.79. The van der Waals surface area contributed by atoms with Crippen molar-refractivity contribution in [2.75, 3.05) is 19.8 Å². The summed E-state index contributed by atoms with van der Waals surface area (Å²) in [5, 5.41) is 3.97. The third-order valence-corrected chi connectivity index (χ3v) is 6.26. The van der Waals surface area contributed by atoms with E-state index >= 15 is 0 Å². The molecule has 3 rings (SSSR count). The van der Waals surface area contributed by atoms with Gasteiger partial charge >= 0.3 is 10.1 Å². The topological polar surface area (TPSA) is 113 Å². The minimum absolute atomic E-state index is 0.00824. The van der Waals surface area contributed by atoms with Gasteiger partial charge in [0, 0.05) is 5.56 Å². The van der Waals surface area contributed by atoms with Gasteiger partial charge in [-0.15, -0.1) is 0 Å². The SMILES string of the molecule is CCOc1ccc(C(=O)N/N=C/c2cc(Cl)c(OS(=O)(=O)c3ccccc3)c(OCC)c2)cc1OCC. The van der Waals surface area contributed by atoms with Gasteiger partial charge in [-0.25, -0.2) is 5.43 Å². The molecule has 3 aromatic carbocycles. The normalized spacial score (nSPS) is 11.2. The fourth-order valence-corrected chi connectivity index (χ4v) is 4.46. The fourth-order valence-electron chi connectivity index (χ4n) is 3.17. The standard InChI is InChI=1S/C26H27ClN2O7S/c1-4-33-22-13-12-19(16-23(22)34-5-2)26(30)29-28-17-18-14-21(27)25(24(15-18)35-6-3)36-37(31,32)20-10-8-7-9-11-20/h7-17H,4-6H2,1-3H3,(H,29,30)/b28-17+. The number of rotatable bonds is 12. The molecule has 0 aliphatic rings. The Kier molecular flexibility index (Phi) is 9.76. The van der Waals surface area contributed by atoms with Crippen molar-refractivity contribution >= 4 is 33.8 Å². The summed E-state index contributed by atoms with van der Waals surface area (Å²) in [6.45, 7) is 6.53. The second kappa shape index (κ2) is 13.0.